The van der Waals surface area contributed by atoms with Crippen molar-refractivity contribution in [3.05, 3.63) is 60.3 Å². The van der Waals surface area contributed by atoms with Gasteiger partial charge >= 0.3 is 0 Å². The Kier molecular flexibility index (Phi) is 4.97. The minimum absolute atomic E-state index is 0.295. The molecule has 0 atom stereocenters. The number of hydrogen-bond donors (Lipinski definition) is 1. The van der Waals surface area contributed by atoms with Crippen LogP contribution in [0, 0.1) is 9.39 Å². The van der Waals surface area contributed by atoms with Gasteiger partial charge in [0.2, 0.25) is 0 Å². The van der Waals surface area contributed by atoms with Gasteiger partial charge in [-0.1, -0.05) is 0 Å². The lowest BCUT2D eigenvalue weighted by Gasteiger charge is -2.09. The summed E-state index contributed by atoms with van der Waals surface area (Å²) in [4.78, 5) is 12.2. The third-order valence-corrected chi connectivity index (χ3v) is 4.40. The quantitative estimate of drug-likeness (QED) is 0.566. The molecule has 2 aromatic rings. The van der Waals surface area contributed by atoms with Crippen molar-refractivity contribution in [3.8, 4) is 0 Å². The van der Waals surface area contributed by atoms with Gasteiger partial charge in [-0.25, -0.2) is 4.39 Å². The predicted octanol–water partition coefficient (Wildman–Crippen LogP) is 5.21. The van der Waals surface area contributed by atoms with E-state index in [1.54, 1.807) is 18.2 Å². The van der Waals surface area contributed by atoms with Gasteiger partial charge in [0.1, 0.15) is 5.82 Å². The minimum atomic E-state index is -0.403. The van der Waals surface area contributed by atoms with Crippen LogP contribution in [0.1, 0.15) is 10.4 Å². The van der Waals surface area contributed by atoms with Crippen molar-refractivity contribution in [2.24, 2.45) is 0 Å². The predicted molar refractivity (Wildman–Crippen MR) is 88.9 cm³/mol. The molecule has 98 valence electrons. The van der Waals surface area contributed by atoms with Crippen molar-refractivity contribution in [3.63, 3.8) is 0 Å². The summed E-state index contributed by atoms with van der Waals surface area (Å²) in [6.45, 7) is 0. The van der Waals surface area contributed by atoms with Crippen LogP contribution in [-0.4, -0.2) is 5.91 Å². The summed E-state index contributed by atoms with van der Waals surface area (Å²) in [6, 6.07) is 9.59. The second-order valence-corrected chi connectivity index (χ2v) is 6.66. The van der Waals surface area contributed by atoms with Crippen LogP contribution in [-0.2, 0) is 0 Å². The summed E-state index contributed by atoms with van der Waals surface area (Å²) in [6.07, 6.45) is 0. The zero-order valence-electron chi connectivity index (χ0n) is 9.38. The fraction of sp³-hybridized carbons (Fsp3) is 0. The first-order valence-electron chi connectivity index (χ1n) is 5.19. The maximum Gasteiger partial charge on any atom is 0.256 e. The first kappa shape index (κ1) is 14.9. The van der Waals surface area contributed by atoms with Gasteiger partial charge in [-0.3, -0.25) is 4.79 Å². The van der Waals surface area contributed by atoms with Crippen LogP contribution in [0.2, 0.25) is 0 Å². The molecular weight excluding hydrogens is 492 g/mol. The van der Waals surface area contributed by atoms with Crippen LogP contribution < -0.4 is 5.32 Å². The largest absolute Gasteiger partial charge is 0.321 e. The van der Waals surface area contributed by atoms with Crippen molar-refractivity contribution < 1.29 is 9.18 Å². The Balaban J connectivity index is 2.30. The Hall–Kier alpha value is -0.470. The van der Waals surface area contributed by atoms with Crippen LogP contribution >= 0.6 is 54.5 Å². The number of nitrogens with one attached hydrogen (secondary N) is 1. The number of halogens is 4. The van der Waals surface area contributed by atoms with E-state index in [1.807, 2.05) is 6.07 Å². The van der Waals surface area contributed by atoms with E-state index in [2.05, 4.69) is 59.8 Å². The molecule has 2 aromatic carbocycles. The second kappa shape index (κ2) is 6.32. The molecule has 0 aliphatic carbocycles. The van der Waals surface area contributed by atoms with Gasteiger partial charge in [0.05, 0.1) is 11.3 Å². The van der Waals surface area contributed by atoms with Gasteiger partial charge < -0.3 is 5.32 Å². The molecule has 0 spiro atoms. The van der Waals surface area contributed by atoms with E-state index in [0.29, 0.717) is 20.2 Å². The highest BCUT2D eigenvalue weighted by Crippen LogP contribution is 2.25. The first-order valence-corrected chi connectivity index (χ1v) is 7.85. The highest BCUT2D eigenvalue weighted by atomic mass is 127. The third kappa shape index (κ3) is 3.76. The molecule has 19 heavy (non-hydrogen) atoms. The molecule has 0 bridgehead atoms. The number of hydrogen-bond acceptors (Lipinski definition) is 1. The van der Waals surface area contributed by atoms with Crippen LogP contribution in [0.4, 0.5) is 10.1 Å². The SMILES string of the molecule is O=C(Nc1cc(F)ccc1Br)c1cc(I)ccc1Br. The Morgan fingerprint density at radius 2 is 1.79 bits per heavy atom. The molecule has 0 radical (unpaired) electrons. The lowest BCUT2D eigenvalue weighted by molar-refractivity contribution is 0.102. The standard InChI is InChI=1S/C13H7Br2FINO/c14-10-4-2-8(17)6-9(10)13(19)18-12-5-7(16)1-3-11(12)15/h1-6H,(H,18,19). The first-order chi connectivity index (χ1) is 8.97. The Morgan fingerprint density at radius 1 is 1.11 bits per heavy atom. The normalized spacial score (nSPS) is 10.3. The lowest BCUT2D eigenvalue weighted by atomic mass is 10.2. The monoisotopic (exact) mass is 497 g/mol. The topological polar surface area (TPSA) is 29.1 Å². The molecule has 0 saturated carbocycles. The molecule has 0 aliphatic rings. The van der Waals surface area contributed by atoms with E-state index in [1.165, 1.54) is 12.1 Å². The molecule has 0 aromatic heterocycles. The van der Waals surface area contributed by atoms with Crippen molar-refractivity contribution in [1.82, 2.24) is 0 Å². The van der Waals surface area contributed by atoms with Gasteiger partial charge in [0, 0.05) is 12.5 Å². The molecule has 0 fully saturated rings. The summed E-state index contributed by atoms with van der Waals surface area (Å²) >= 11 is 8.73. The van der Waals surface area contributed by atoms with Crippen LogP contribution in [0.15, 0.2) is 45.3 Å². The average molecular weight is 499 g/mol. The number of amides is 1. The molecule has 1 amide bonds. The summed E-state index contributed by atoms with van der Waals surface area (Å²) in [5, 5.41) is 2.68. The van der Waals surface area contributed by atoms with Gasteiger partial charge in [-0.05, 0) is 90.8 Å². The summed E-state index contributed by atoms with van der Waals surface area (Å²) < 4.78 is 15.4. The lowest BCUT2D eigenvalue weighted by Crippen LogP contribution is -2.13. The molecule has 0 saturated heterocycles. The minimum Gasteiger partial charge on any atom is -0.321 e. The summed E-state index contributed by atoms with van der Waals surface area (Å²) in [5.74, 6) is -0.697. The van der Waals surface area contributed by atoms with E-state index >= 15 is 0 Å². The average Bonchev–Trinajstić information content (AvgIpc) is 2.36. The molecule has 2 rings (SSSR count). The van der Waals surface area contributed by atoms with Gasteiger partial charge in [-0.15, -0.1) is 0 Å². The molecular formula is C13H7Br2FINO. The number of carbonyl (C=O) groups excluding carboxylic acids is 1. The fourth-order valence-electron chi connectivity index (χ4n) is 1.45. The highest BCUT2D eigenvalue weighted by molar-refractivity contribution is 14.1. The Morgan fingerprint density at radius 3 is 2.53 bits per heavy atom. The summed E-state index contributed by atoms with van der Waals surface area (Å²) in [5.41, 5.74) is 0.902. The second-order valence-electron chi connectivity index (χ2n) is 3.70. The van der Waals surface area contributed by atoms with E-state index < -0.39 is 5.82 Å². The zero-order chi connectivity index (χ0) is 14.0. The van der Waals surface area contributed by atoms with E-state index in [9.17, 15) is 9.18 Å². The smallest absolute Gasteiger partial charge is 0.256 e. The Bertz CT molecular complexity index is 649. The summed E-state index contributed by atoms with van der Waals surface area (Å²) in [7, 11) is 0. The van der Waals surface area contributed by atoms with Crippen molar-refractivity contribution in [1.29, 1.82) is 0 Å². The van der Waals surface area contributed by atoms with Crippen molar-refractivity contribution in [2.45, 2.75) is 0 Å². The molecule has 0 unspecified atom stereocenters. The molecule has 6 heteroatoms. The number of anilines is 1. The highest BCUT2D eigenvalue weighted by Gasteiger charge is 2.12. The number of benzene rings is 2. The molecule has 0 heterocycles. The third-order valence-electron chi connectivity index (χ3n) is 2.35. The molecule has 1 N–H and O–H groups in total. The van der Waals surface area contributed by atoms with Crippen LogP contribution in [0.5, 0.6) is 0 Å². The molecule has 2 nitrogen and oxygen atoms in total. The van der Waals surface area contributed by atoms with Crippen molar-refractivity contribution in [2.75, 3.05) is 5.32 Å². The zero-order valence-corrected chi connectivity index (χ0v) is 14.7. The van der Waals surface area contributed by atoms with Crippen molar-refractivity contribution >= 4 is 66.0 Å². The molecule has 0 aliphatic heterocycles. The number of rotatable bonds is 2. The fourth-order valence-corrected chi connectivity index (χ4v) is 2.72. The number of carbonyl (C=O) groups is 1. The Labute approximate surface area is 140 Å². The maximum absolute atomic E-state index is 13.2. The maximum atomic E-state index is 13.2. The van der Waals surface area contributed by atoms with Crippen LogP contribution in [0.25, 0.3) is 0 Å². The van der Waals surface area contributed by atoms with Gasteiger partial charge in [-0.2, -0.15) is 0 Å². The van der Waals surface area contributed by atoms with Gasteiger partial charge in [0.25, 0.3) is 5.91 Å². The van der Waals surface area contributed by atoms with Gasteiger partial charge in [0.15, 0.2) is 0 Å². The van der Waals surface area contributed by atoms with E-state index in [0.717, 1.165) is 3.57 Å². The van der Waals surface area contributed by atoms with E-state index in [4.69, 9.17) is 0 Å². The van der Waals surface area contributed by atoms with Crippen LogP contribution in [0.3, 0.4) is 0 Å². The van der Waals surface area contributed by atoms with E-state index in [-0.39, 0.29) is 5.91 Å².